The molecule has 2 aromatic rings. The van der Waals surface area contributed by atoms with Gasteiger partial charge in [0.25, 0.3) is 5.56 Å². The molecular weight excluding hydrogens is 276 g/mol. The Balaban J connectivity index is 2.80. The number of carboxylic acid groups (broad SMARTS) is 1. The van der Waals surface area contributed by atoms with Crippen molar-refractivity contribution in [1.82, 2.24) is 9.13 Å². The number of hydrogen-bond donors (Lipinski definition) is 2. The number of carboxylic acids is 1. The largest absolute Gasteiger partial charge is 0.477 e. The molecule has 0 fully saturated rings. The van der Waals surface area contributed by atoms with Crippen molar-refractivity contribution in [3.8, 4) is 5.69 Å². The van der Waals surface area contributed by atoms with Gasteiger partial charge in [-0.3, -0.25) is 9.36 Å². The van der Waals surface area contributed by atoms with Crippen LogP contribution in [0, 0.1) is 0 Å². The summed E-state index contributed by atoms with van der Waals surface area (Å²) in [4.78, 5) is 35.7. The van der Waals surface area contributed by atoms with Crippen LogP contribution in [0.25, 0.3) is 5.69 Å². The van der Waals surface area contributed by atoms with Crippen molar-refractivity contribution < 1.29 is 15.0 Å². The maximum atomic E-state index is 12.3. The van der Waals surface area contributed by atoms with Gasteiger partial charge in [-0.25, -0.2) is 14.2 Å². The molecule has 0 saturated heterocycles. The van der Waals surface area contributed by atoms with Gasteiger partial charge in [-0.05, 0) is 19.1 Å². The fraction of sp³-hybridized carbons (Fsp3) is 0.214. The first-order chi connectivity index (χ1) is 9.91. The first-order valence-corrected chi connectivity index (χ1v) is 6.25. The normalized spacial score (nSPS) is 12.1. The van der Waals surface area contributed by atoms with Gasteiger partial charge in [0.05, 0.1) is 18.3 Å². The molecule has 0 aliphatic heterocycles. The summed E-state index contributed by atoms with van der Waals surface area (Å²) in [5.41, 5.74) is -1.85. The van der Waals surface area contributed by atoms with Crippen molar-refractivity contribution in [2.75, 3.05) is 0 Å². The number of aliphatic hydroxyl groups is 1. The third kappa shape index (κ3) is 2.92. The molecule has 7 heteroatoms. The molecule has 2 N–H and O–H groups in total. The van der Waals surface area contributed by atoms with Gasteiger partial charge < -0.3 is 10.2 Å². The summed E-state index contributed by atoms with van der Waals surface area (Å²) in [6, 6.07) is 8.04. The second kappa shape index (κ2) is 5.76. The Morgan fingerprint density at radius 1 is 1.24 bits per heavy atom. The Hall–Kier alpha value is -2.67. The molecule has 0 aliphatic rings. The smallest absolute Gasteiger partial charge is 0.342 e. The Morgan fingerprint density at radius 3 is 2.38 bits per heavy atom. The molecule has 7 nitrogen and oxygen atoms in total. The van der Waals surface area contributed by atoms with E-state index in [9.17, 15) is 19.5 Å². The van der Waals surface area contributed by atoms with Crippen LogP contribution in [0.4, 0.5) is 0 Å². The average molecular weight is 290 g/mol. The van der Waals surface area contributed by atoms with E-state index in [1.165, 1.54) is 19.1 Å². The zero-order chi connectivity index (χ0) is 15.6. The van der Waals surface area contributed by atoms with Gasteiger partial charge in [-0.15, -0.1) is 0 Å². The molecule has 0 saturated carbocycles. The Labute approximate surface area is 119 Å². The molecule has 1 unspecified atom stereocenters. The van der Waals surface area contributed by atoms with Crippen LogP contribution in [0.1, 0.15) is 17.3 Å². The summed E-state index contributed by atoms with van der Waals surface area (Å²) >= 11 is 0. The lowest BCUT2D eigenvalue weighted by molar-refractivity contribution is 0.0692. The molecule has 21 heavy (non-hydrogen) atoms. The second-order valence-electron chi connectivity index (χ2n) is 4.61. The van der Waals surface area contributed by atoms with Crippen LogP contribution in [0.3, 0.4) is 0 Å². The topological polar surface area (TPSA) is 102 Å². The van der Waals surface area contributed by atoms with Crippen LogP contribution in [0.15, 0.2) is 46.1 Å². The van der Waals surface area contributed by atoms with Crippen molar-refractivity contribution in [1.29, 1.82) is 0 Å². The number of benzene rings is 1. The zero-order valence-corrected chi connectivity index (χ0v) is 11.3. The molecule has 1 atom stereocenters. The van der Waals surface area contributed by atoms with Crippen LogP contribution >= 0.6 is 0 Å². The summed E-state index contributed by atoms with van der Waals surface area (Å²) in [6.07, 6.45) is 0.102. The van der Waals surface area contributed by atoms with Gasteiger partial charge in [0.2, 0.25) is 0 Å². The molecule has 0 amide bonds. The molecule has 0 radical (unpaired) electrons. The average Bonchev–Trinajstić information content (AvgIpc) is 2.42. The number of aromatic nitrogens is 2. The van der Waals surface area contributed by atoms with Crippen LogP contribution in [0.2, 0.25) is 0 Å². The van der Waals surface area contributed by atoms with Crippen LogP contribution in [0.5, 0.6) is 0 Å². The number of aromatic carboxylic acids is 1. The lowest BCUT2D eigenvalue weighted by Crippen LogP contribution is -2.42. The van der Waals surface area contributed by atoms with Crippen LogP contribution < -0.4 is 11.2 Å². The standard InChI is InChI=1S/C14H14N2O5/c1-9(17)7-15-8-11(13(19)20)12(18)16(14(15)21)10-5-3-2-4-6-10/h2-6,8-9,17H,7H2,1H3,(H,19,20). The van der Waals surface area contributed by atoms with Crippen molar-refractivity contribution >= 4 is 5.97 Å². The summed E-state index contributed by atoms with van der Waals surface area (Å²) in [5.74, 6) is -1.43. The summed E-state index contributed by atoms with van der Waals surface area (Å²) in [7, 11) is 0. The van der Waals surface area contributed by atoms with Crippen molar-refractivity contribution in [3.63, 3.8) is 0 Å². The van der Waals surface area contributed by atoms with E-state index in [1.807, 2.05) is 0 Å². The molecule has 1 aromatic carbocycles. The van der Waals surface area contributed by atoms with E-state index >= 15 is 0 Å². The minimum Gasteiger partial charge on any atom is -0.477 e. The molecule has 0 bridgehead atoms. The number of aliphatic hydroxyl groups excluding tert-OH is 1. The van der Waals surface area contributed by atoms with E-state index in [4.69, 9.17) is 5.11 Å². The van der Waals surface area contributed by atoms with Gasteiger partial charge in [0.1, 0.15) is 5.56 Å². The molecular formula is C14H14N2O5. The minimum atomic E-state index is -1.43. The van der Waals surface area contributed by atoms with E-state index in [2.05, 4.69) is 0 Å². The molecule has 1 aromatic heterocycles. The fourth-order valence-electron chi connectivity index (χ4n) is 1.97. The third-order valence-electron chi connectivity index (χ3n) is 2.86. The molecule has 1 heterocycles. The molecule has 0 aliphatic carbocycles. The number of carbonyl (C=O) groups is 1. The maximum Gasteiger partial charge on any atom is 0.342 e. The van der Waals surface area contributed by atoms with E-state index < -0.39 is 28.9 Å². The molecule has 0 spiro atoms. The van der Waals surface area contributed by atoms with E-state index in [0.717, 1.165) is 15.3 Å². The van der Waals surface area contributed by atoms with Crippen molar-refractivity contribution in [2.45, 2.75) is 19.6 Å². The minimum absolute atomic E-state index is 0.105. The highest BCUT2D eigenvalue weighted by molar-refractivity contribution is 5.86. The predicted octanol–water partition coefficient (Wildman–Crippen LogP) is 0.0782. The lowest BCUT2D eigenvalue weighted by Gasteiger charge is -2.12. The zero-order valence-electron chi connectivity index (χ0n) is 11.3. The Morgan fingerprint density at radius 2 is 1.86 bits per heavy atom. The summed E-state index contributed by atoms with van der Waals surface area (Å²) in [6.45, 7) is 1.36. The van der Waals surface area contributed by atoms with E-state index in [-0.39, 0.29) is 12.2 Å². The summed E-state index contributed by atoms with van der Waals surface area (Å²) in [5, 5.41) is 18.5. The molecule has 2 rings (SSSR count). The number of rotatable bonds is 4. The maximum absolute atomic E-state index is 12.3. The third-order valence-corrected chi connectivity index (χ3v) is 2.86. The molecule has 110 valence electrons. The second-order valence-corrected chi connectivity index (χ2v) is 4.61. The van der Waals surface area contributed by atoms with Gasteiger partial charge in [0.15, 0.2) is 0 Å². The van der Waals surface area contributed by atoms with E-state index in [0.29, 0.717) is 0 Å². The van der Waals surface area contributed by atoms with Gasteiger partial charge in [0, 0.05) is 6.20 Å². The van der Waals surface area contributed by atoms with Crippen molar-refractivity contribution in [3.05, 3.63) is 62.9 Å². The fourth-order valence-corrected chi connectivity index (χ4v) is 1.97. The first-order valence-electron chi connectivity index (χ1n) is 6.25. The monoisotopic (exact) mass is 290 g/mol. The summed E-state index contributed by atoms with van der Waals surface area (Å²) < 4.78 is 1.80. The SMILES string of the molecule is CC(O)Cn1cc(C(=O)O)c(=O)n(-c2ccccc2)c1=O. The van der Waals surface area contributed by atoms with Gasteiger partial charge in [-0.1, -0.05) is 18.2 Å². The van der Waals surface area contributed by atoms with E-state index in [1.54, 1.807) is 18.2 Å². The van der Waals surface area contributed by atoms with Crippen LogP contribution in [-0.2, 0) is 6.54 Å². The van der Waals surface area contributed by atoms with Crippen molar-refractivity contribution in [2.24, 2.45) is 0 Å². The highest BCUT2D eigenvalue weighted by atomic mass is 16.4. The number of para-hydroxylation sites is 1. The quantitative estimate of drug-likeness (QED) is 0.830. The van der Waals surface area contributed by atoms with Gasteiger partial charge >= 0.3 is 11.7 Å². The highest BCUT2D eigenvalue weighted by Crippen LogP contribution is 2.02. The highest BCUT2D eigenvalue weighted by Gasteiger charge is 2.18. The lowest BCUT2D eigenvalue weighted by atomic mass is 10.3. The van der Waals surface area contributed by atoms with Gasteiger partial charge in [-0.2, -0.15) is 0 Å². The van der Waals surface area contributed by atoms with Crippen LogP contribution in [-0.4, -0.2) is 31.4 Å². The number of nitrogens with zero attached hydrogens (tertiary/aromatic N) is 2. The Kier molecular flexibility index (Phi) is 4.04. The predicted molar refractivity (Wildman–Crippen MR) is 74.9 cm³/mol. The number of hydrogen-bond acceptors (Lipinski definition) is 4. The Bertz CT molecular complexity index is 774. The first kappa shape index (κ1) is 14.7.